The number of nitrogens with zero attached hydrogens (tertiary/aromatic N) is 4. The molecule has 0 rings (SSSR count). The van der Waals surface area contributed by atoms with Gasteiger partial charge >= 0.3 is 0 Å². The maximum Gasteiger partial charge on any atom is 0.174 e. The van der Waals surface area contributed by atoms with Crippen molar-refractivity contribution in [2.45, 2.75) is 58.5 Å². The van der Waals surface area contributed by atoms with Crippen LogP contribution in [0.1, 0.15) is 41.5 Å². The van der Waals surface area contributed by atoms with Gasteiger partial charge in [-0.25, -0.2) is 0 Å². The summed E-state index contributed by atoms with van der Waals surface area (Å²) in [6.45, 7) is 22.1. The van der Waals surface area contributed by atoms with E-state index in [1.807, 2.05) is 0 Å². The Morgan fingerprint density at radius 1 is 0.480 bits per heavy atom. The van der Waals surface area contributed by atoms with Crippen molar-refractivity contribution in [1.82, 2.24) is 17.6 Å². The van der Waals surface area contributed by atoms with Gasteiger partial charge in [-0.05, 0) is 56.3 Å². The highest BCUT2D eigenvalue weighted by molar-refractivity contribution is 6.88. The van der Waals surface area contributed by atoms with Crippen LogP contribution in [0.25, 0.3) is 0 Å². The van der Waals surface area contributed by atoms with E-state index in [9.17, 15) is 0 Å². The number of hydrogen-bond acceptors (Lipinski definition) is 4. The molecule has 0 saturated carbocycles. The van der Waals surface area contributed by atoms with Crippen LogP contribution in [-0.4, -0.2) is 115 Å². The average molecular weight is 453 g/mol. The summed E-state index contributed by atoms with van der Waals surface area (Å²) in [6.07, 6.45) is 0. The van der Waals surface area contributed by atoms with E-state index in [1.54, 1.807) is 17.0 Å². The molecule has 0 aliphatic carbocycles. The second-order valence-corrected chi connectivity index (χ2v) is 25.2. The molecule has 0 bridgehead atoms. The third kappa shape index (κ3) is 7.23. The summed E-state index contributed by atoms with van der Waals surface area (Å²) in [4.78, 5) is 0. The van der Waals surface area contributed by atoms with E-state index in [-0.39, 0.29) is 0 Å². The van der Waals surface area contributed by atoms with Crippen LogP contribution in [0.4, 0.5) is 0 Å². The van der Waals surface area contributed by atoms with Crippen molar-refractivity contribution in [1.29, 1.82) is 0 Å². The summed E-state index contributed by atoms with van der Waals surface area (Å²) in [5.74, 6) is 0. The van der Waals surface area contributed by atoms with E-state index < -0.39 is 27.4 Å². The SMILES string of the molecule is CCN(CC)[SiH](C[SiH3])N([SiH](C[SiH3])N(CC)CC)[SiH](C[SiH3])N(CC)CC. The zero-order valence-corrected chi connectivity index (χ0v) is 28.3. The van der Waals surface area contributed by atoms with Crippen molar-refractivity contribution in [3.8, 4) is 0 Å². The van der Waals surface area contributed by atoms with Crippen LogP contribution in [-0.2, 0) is 0 Å². The maximum atomic E-state index is 3.38. The van der Waals surface area contributed by atoms with Gasteiger partial charge in [0, 0.05) is 30.7 Å². The second-order valence-electron chi connectivity index (χ2n) is 6.78. The van der Waals surface area contributed by atoms with Gasteiger partial charge in [0.2, 0.25) is 0 Å². The van der Waals surface area contributed by atoms with E-state index in [1.165, 1.54) is 70.0 Å². The third-order valence-corrected chi connectivity index (χ3v) is 27.6. The standard InChI is InChI=1S/C15H48N4Si6/c1-7-16(8-2)23(13-20)19(24(14-21)17(9-3)10-4)25(15-22)18(11-5)12-6/h23-25H,7-15H2,1-6,20-22H3. The van der Waals surface area contributed by atoms with Crippen LogP contribution in [0.15, 0.2) is 0 Å². The third-order valence-electron chi connectivity index (χ3n) is 5.83. The minimum Gasteiger partial charge on any atom is -0.339 e. The second kappa shape index (κ2) is 15.1. The quantitative estimate of drug-likeness (QED) is 0.265. The molecule has 0 aromatic carbocycles. The molecule has 0 heterocycles. The zero-order valence-electron chi connectivity index (χ0n) is 18.9. The van der Waals surface area contributed by atoms with Crippen molar-refractivity contribution >= 4 is 58.1 Å². The smallest absolute Gasteiger partial charge is 0.174 e. The molecule has 0 aromatic rings. The van der Waals surface area contributed by atoms with E-state index in [4.69, 9.17) is 0 Å². The van der Waals surface area contributed by atoms with E-state index in [2.05, 4.69) is 59.1 Å². The fraction of sp³-hybridized carbons (Fsp3) is 1.00. The summed E-state index contributed by atoms with van der Waals surface area (Å²) in [5.41, 5.74) is 4.67. The van der Waals surface area contributed by atoms with Crippen LogP contribution >= 0.6 is 0 Å². The Labute approximate surface area is 173 Å². The zero-order chi connectivity index (χ0) is 19.4. The molecule has 3 atom stereocenters. The van der Waals surface area contributed by atoms with Crippen LogP contribution in [0.2, 0.25) is 17.0 Å². The highest BCUT2D eigenvalue weighted by Gasteiger charge is 2.39. The van der Waals surface area contributed by atoms with Gasteiger partial charge in [0.15, 0.2) is 27.4 Å². The summed E-state index contributed by atoms with van der Waals surface area (Å²) in [5, 5.41) is 0. The lowest BCUT2D eigenvalue weighted by atomic mass is 10.7. The molecule has 0 aliphatic heterocycles. The highest BCUT2D eigenvalue weighted by atomic mass is 28.4. The fourth-order valence-electron chi connectivity index (χ4n) is 4.50. The Balaban J connectivity index is 6.04. The lowest BCUT2D eigenvalue weighted by Crippen LogP contribution is -2.71. The molecule has 0 amide bonds. The van der Waals surface area contributed by atoms with Gasteiger partial charge in [0.05, 0.1) is 0 Å². The van der Waals surface area contributed by atoms with Gasteiger partial charge < -0.3 is 17.6 Å². The molecule has 3 unspecified atom stereocenters. The molecule has 10 heteroatoms. The van der Waals surface area contributed by atoms with Gasteiger partial charge in [0.1, 0.15) is 0 Å². The van der Waals surface area contributed by atoms with Gasteiger partial charge in [0.25, 0.3) is 0 Å². The monoisotopic (exact) mass is 452 g/mol. The molecule has 0 N–H and O–H groups in total. The lowest BCUT2D eigenvalue weighted by Gasteiger charge is -2.50. The molecule has 0 spiro atoms. The lowest BCUT2D eigenvalue weighted by molar-refractivity contribution is 0.409. The molecular weight excluding hydrogens is 405 g/mol. The summed E-state index contributed by atoms with van der Waals surface area (Å²) in [7, 11) is 1.29. The normalized spacial score (nSPS) is 16.6. The molecule has 0 saturated heterocycles. The van der Waals surface area contributed by atoms with Crippen LogP contribution in [0.5, 0.6) is 0 Å². The number of rotatable bonds is 15. The number of hydrogen-bond donors (Lipinski definition) is 0. The molecule has 25 heavy (non-hydrogen) atoms. The molecule has 4 nitrogen and oxygen atoms in total. The first-order valence-electron chi connectivity index (χ1n) is 11.0. The van der Waals surface area contributed by atoms with Crippen LogP contribution in [0, 0.1) is 0 Å². The Hall–Kier alpha value is 1.14. The van der Waals surface area contributed by atoms with E-state index in [0.29, 0.717) is 0 Å². The minimum absolute atomic E-state index is 0.949. The molecule has 0 fully saturated rings. The Morgan fingerprint density at radius 2 is 0.680 bits per heavy atom. The molecule has 0 radical (unpaired) electrons. The first-order valence-corrected chi connectivity index (χ1v) is 20.8. The van der Waals surface area contributed by atoms with Crippen molar-refractivity contribution < 1.29 is 0 Å². The van der Waals surface area contributed by atoms with Gasteiger partial charge in [-0.3, -0.25) is 0 Å². The first kappa shape index (κ1) is 26.1. The van der Waals surface area contributed by atoms with E-state index >= 15 is 0 Å². The minimum atomic E-state index is -0.949. The highest BCUT2D eigenvalue weighted by Crippen LogP contribution is 2.18. The molecule has 0 aliphatic rings. The largest absolute Gasteiger partial charge is 0.339 e. The van der Waals surface area contributed by atoms with Crippen molar-refractivity contribution in [2.24, 2.45) is 0 Å². The first-order chi connectivity index (χ1) is 12.0. The molecular formula is C15H48N4Si6. The topological polar surface area (TPSA) is 13.0 Å². The van der Waals surface area contributed by atoms with Crippen LogP contribution in [0.3, 0.4) is 0 Å². The molecule has 152 valence electrons. The predicted octanol–water partition coefficient (Wildman–Crippen LogP) is -2.06. The summed E-state index contributed by atoms with van der Waals surface area (Å²) < 4.78 is 12.2. The van der Waals surface area contributed by atoms with Gasteiger partial charge in [-0.15, -0.1) is 0 Å². The van der Waals surface area contributed by atoms with Crippen molar-refractivity contribution in [3.05, 3.63) is 0 Å². The van der Waals surface area contributed by atoms with E-state index in [0.717, 1.165) is 0 Å². The summed E-state index contributed by atoms with van der Waals surface area (Å²) in [6, 6.07) is 0. The van der Waals surface area contributed by atoms with Crippen molar-refractivity contribution in [3.63, 3.8) is 0 Å². The van der Waals surface area contributed by atoms with Crippen molar-refractivity contribution in [2.75, 3.05) is 39.3 Å². The Bertz CT molecular complexity index is 269. The summed E-state index contributed by atoms with van der Waals surface area (Å²) >= 11 is 0. The average Bonchev–Trinajstić information content (AvgIpc) is 2.65. The Kier molecular flexibility index (Phi) is 15.8. The van der Waals surface area contributed by atoms with Crippen LogP contribution < -0.4 is 0 Å². The van der Waals surface area contributed by atoms with Gasteiger partial charge in [-0.1, -0.05) is 41.5 Å². The maximum absolute atomic E-state index is 3.38. The predicted molar refractivity (Wildman–Crippen MR) is 136 cm³/mol. The van der Waals surface area contributed by atoms with Gasteiger partial charge in [-0.2, -0.15) is 0 Å². The fourth-order valence-corrected chi connectivity index (χ4v) is 39.0. The molecule has 0 aromatic heterocycles. The Morgan fingerprint density at radius 3 is 0.800 bits per heavy atom.